The van der Waals surface area contributed by atoms with E-state index in [0.29, 0.717) is 17.3 Å². The number of halogens is 1. The average molecular weight is 371 g/mol. The van der Waals surface area contributed by atoms with Gasteiger partial charge in [-0.05, 0) is 42.0 Å². The van der Waals surface area contributed by atoms with Gasteiger partial charge in [0.1, 0.15) is 5.76 Å². The van der Waals surface area contributed by atoms with E-state index in [1.807, 2.05) is 42.5 Å². The van der Waals surface area contributed by atoms with E-state index in [2.05, 4.69) is 10.6 Å². The van der Waals surface area contributed by atoms with Crippen molar-refractivity contribution in [2.24, 2.45) is 0 Å². The molecule has 1 heterocycles. The number of rotatable bonds is 4. The highest BCUT2D eigenvalue weighted by Crippen LogP contribution is 2.24. The zero-order valence-electron chi connectivity index (χ0n) is 13.2. The van der Waals surface area contributed by atoms with Crippen LogP contribution in [0, 0.1) is 0 Å². The standard InChI is InChI=1S/C19H15ClN2O2S/c20-15-8-4-7-14(11-15)16-9-10-17(24-16)18(23)22-19(25)21-12-13-5-2-1-3-6-13/h1-11H,12H2,(H2,21,22,23,25). The van der Waals surface area contributed by atoms with Crippen LogP contribution < -0.4 is 10.6 Å². The number of furan rings is 1. The molecule has 0 radical (unpaired) electrons. The smallest absolute Gasteiger partial charge is 0.293 e. The molecule has 0 fully saturated rings. The van der Waals surface area contributed by atoms with E-state index in [1.54, 1.807) is 24.3 Å². The Bertz CT molecular complexity index is 893. The Labute approximate surface area is 155 Å². The number of carbonyl (C=O) groups is 1. The van der Waals surface area contributed by atoms with Gasteiger partial charge < -0.3 is 9.73 Å². The summed E-state index contributed by atoms with van der Waals surface area (Å²) in [5, 5.41) is 6.44. The number of hydrogen-bond acceptors (Lipinski definition) is 3. The minimum atomic E-state index is -0.404. The van der Waals surface area contributed by atoms with Gasteiger partial charge in [0, 0.05) is 17.1 Å². The number of amides is 1. The molecule has 1 aromatic heterocycles. The van der Waals surface area contributed by atoms with Gasteiger partial charge in [-0.2, -0.15) is 0 Å². The number of thiocarbonyl (C=S) groups is 1. The second kappa shape index (κ2) is 7.96. The quantitative estimate of drug-likeness (QED) is 0.668. The molecule has 0 spiro atoms. The molecular formula is C19H15ClN2O2S. The van der Waals surface area contributed by atoms with Gasteiger partial charge in [-0.15, -0.1) is 0 Å². The first kappa shape index (κ1) is 17.2. The molecule has 0 aliphatic carbocycles. The van der Waals surface area contributed by atoms with Crippen LogP contribution in [0.2, 0.25) is 5.02 Å². The van der Waals surface area contributed by atoms with E-state index < -0.39 is 5.91 Å². The molecule has 0 aliphatic heterocycles. The van der Waals surface area contributed by atoms with Crippen molar-refractivity contribution in [3.05, 3.63) is 83.1 Å². The van der Waals surface area contributed by atoms with Crippen LogP contribution in [0.1, 0.15) is 16.1 Å². The Morgan fingerprint density at radius 1 is 1.04 bits per heavy atom. The van der Waals surface area contributed by atoms with Crippen LogP contribution in [0.15, 0.2) is 71.1 Å². The van der Waals surface area contributed by atoms with E-state index >= 15 is 0 Å². The maximum absolute atomic E-state index is 12.2. The number of hydrogen-bond donors (Lipinski definition) is 2. The summed E-state index contributed by atoms with van der Waals surface area (Å²) >= 11 is 11.1. The van der Waals surface area contributed by atoms with Crippen LogP contribution in [-0.4, -0.2) is 11.0 Å². The summed E-state index contributed by atoms with van der Waals surface area (Å²) in [6.07, 6.45) is 0. The minimum absolute atomic E-state index is 0.179. The predicted octanol–water partition coefficient (Wildman–Crippen LogP) is 4.40. The maximum atomic E-state index is 12.2. The van der Waals surface area contributed by atoms with Crippen molar-refractivity contribution in [2.45, 2.75) is 6.54 Å². The Morgan fingerprint density at radius 2 is 1.84 bits per heavy atom. The first-order valence-electron chi connectivity index (χ1n) is 7.61. The van der Waals surface area contributed by atoms with Gasteiger partial charge in [-0.3, -0.25) is 10.1 Å². The Morgan fingerprint density at radius 3 is 2.60 bits per heavy atom. The molecule has 2 N–H and O–H groups in total. The minimum Gasteiger partial charge on any atom is -0.451 e. The van der Waals surface area contributed by atoms with Crippen molar-refractivity contribution in [1.82, 2.24) is 10.6 Å². The summed E-state index contributed by atoms with van der Waals surface area (Å²) in [7, 11) is 0. The van der Waals surface area contributed by atoms with Crippen LogP contribution >= 0.6 is 23.8 Å². The van der Waals surface area contributed by atoms with Crippen LogP contribution in [0.4, 0.5) is 0 Å². The second-order valence-electron chi connectivity index (χ2n) is 5.30. The molecule has 0 atom stereocenters. The zero-order valence-corrected chi connectivity index (χ0v) is 14.7. The van der Waals surface area contributed by atoms with E-state index in [-0.39, 0.29) is 10.9 Å². The van der Waals surface area contributed by atoms with E-state index in [0.717, 1.165) is 11.1 Å². The fourth-order valence-corrected chi connectivity index (χ4v) is 2.60. The first-order chi connectivity index (χ1) is 12.1. The molecule has 0 saturated heterocycles. The molecular weight excluding hydrogens is 356 g/mol. The maximum Gasteiger partial charge on any atom is 0.293 e. The van der Waals surface area contributed by atoms with Crippen LogP contribution in [0.25, 0.3) is 11.3 Å². The van der Waals surface area contributed by atoms with Crippen LogP contribution in [-0.2, 0) is 6.54 Å². The third kappa shape index (κ3) is 4.68. The Balaban J connectivity index is 1.59. The summed E-state index contributed by atoms with van der Waals surface area (Å²) in [6.45, 7) is 0.534. The van der Waals surface area contributed by atoms with Crippen molar-refractivity contribution >= 4 is 34.8 Å². The molecule has 0 unspecified atom stereocenters. The van der Waals surface area contributed by atoms with Crippen molar-refractivity contribution < 1.29 is 9.21 Å². The average Bonchev–Trinajstić information content (AvgIpc) is 3.11. The van der Waals surface area contributed by atoms with Crippen molar-refractivity contribution in [3.8, 4) is 11.3 Å². The number of benzene rings is 2. The van der Waals surface area contributed by atoms with Gasteiger partial charge in [-0.25, -0.2) is 0 Å². The zero-order chi connectivity index (χ0) is 17.6. The van der Waals surface area contributed by atoms with E-state index in [4.69, 9.17) is 28.2 Å². The molecule has 1 amide bonds. The van der Waals surface area contributed by atoms with Gasteiger partial charge >= 0.3 is 0 Å². The lowest BCUT2D eigenvalue weighted by atomic mass is 10.2. The fourth-order valence-electron chi connectivity index (χ4n) is 2.24. The van der Waals surface area contributed by atoms with Gasteiger partial charge in [0.15, 0.2) is 10.9 Å². The largest absolute Gasteiger partial charge is 0.451 e. The number of carbonyl (C=O) groups excluding carboxylic acids is 1. The van der Waals surface area contributed by atoms with Crippen LogP contribution in [0.3, 0.4) is 0 Å². The third-order valence-corrected chi connectivity index (χ3v) is 3.94. The summed E-state index contributed by atoms with van der Waals surface area (Å²) < 4.78 is 5.59. The SMILES string of the molecule is O=C(NC(=S)NCc1ccccc1)c1ccc(-c2cccc(Cl)c2)o1. The molecule has 0 bridgehead atoms. The lowest BCUT2D eigenvalue weighted by Gasteiger charge is -2.08. The summed E-state index contributed by atoms with van der Waals surface area (Å²) in [5.41, 5.74) is 1.87. The van der Waals surface area contributed by atoms with E-state index in [1.165, 1.54) is 0 Å². The summed E-state index contributed by atoms with van der Waals surface area (Å²) in [5.74, 6) is 0.341. The molecule has 2 aromatic carbocycles. The second-order valence-corrected chi connectivity index (χ2v) is 6.14. The lowest BCUT2D eigenvalue weighted by Crippen LogP contribution is -2.38. The fraction of sp³-hybridized carbons (Fsp3) is 0.0526. The van der Waals surface area contributed by atoms with Crippen LogP contribution in [0.5, 0.6) is 0 Å². The van der Waals surface area contributed by atoms with Gasteiger partial charge in [0.05, 0.1) is 0 Å². The Kier molecular flexibility index (Phi) is 5.48. The molecule has 126 valence electrons. The van der Waals surface area contributed by atoms with Crippen molar-refractivity contribution in [1.29, 1.82) is 0 Å². The Hall–Kier alpha value is -2.63. The van der Waals surface area contributed by atoms with Gasteiger partial charge in [0.25, 0.3) is 5.91 Å². The molecule has 3 aromatic rings. The summed E-state index contributed by atoms with van der Waals surface area (Å²) in [6, 6.07) is 20.3. The topological polar surface area (TPSA) is 54.3 Å². The highest BCUT2D eigenvalue weighted by molar-refractivity contribution is 7.80. The third-order valence-electron chi connectivity index (χ3n) is 3.46. The molecule has 0 aliphatic rings. The molecule has 4 nitrogen and oxygen atoms in total. The highest BCUT2D eigenvalue weighted by Gasteiger charge is 2.13. The highest BCUT2D eigenvalue weighted by atomic mass is 35.5. The number of nitrogens with one attached hydrogen (secondary N) is 2. The predicted molar refractivity (Wildman–Crippen MR) is 102 cm³/mol. The van der Waals surface area contributed by atoms with Crippen molar-refractivity contribution in [3.63, 3.8) is 0 Å². The van der Waals surface area contributed by atoms with Gasteiger partial charge in [0.2, 0.25) is 0 Å². The lowest BCUT2D eigenvalue weighted by molar-refractivity contribution is 0.0950. The first-order valence-corrected chi connectivity index (χ1v) is 8.39. The normalized spacial score (nSPS) is 10.3. The molecule has 25 heavy (non-hydrogen) atoms. The van der Waals surface area contributed by atoms with Gasteiger partial charge in [-0.1, -0.05) is 54.1 Å². The van der Waals surface area contributed by atoms with E-state index in [9.17, 15) is 4.79 Å². The summed E-state index contributed by atoms with van der Waals surface area (Å²) in [4.78, 5) is 12.2. The molecule has 6 heteroatoms. The monoisotopic (exact) mass is 370 g/mol. The molecule has 3 rings (SSSR count). The van der Waals surface area contributed by atoms with Crippen molar-refractivity contribution in [2.75, 3.05) is 0 Å². The molecule has 0 saturated carbocycles.